The molecular formula is C24H33N7O. The number of hydrogen-bond acceptors (Lipinski definition) is 5. The fourth-order valence-corrected chi connectivity index (χ4v) is 3.28. The van der Waals surface area contributed by atoms with Crippen molar-refractivity contribution in [1.29, 1.82) is 0 Å². The first kappa shape index (κ1) is 23.3. The number of aliphatic imine (C=N–C) groups is 1. The van der Waals surface area contributed by atoms with Crippen LogP contribution in [0, 0.1) is 0 Å². The lowest BCUT2D eigenvalue weighted by Crippen LogP contribution is -2.39. The smallest absolute Gasteiger partial charge is 0.191 e. The van der Waals surface area contributed by atoms with Gasteiger partial charge in [0, 0.05) is 31.7 Å². The average Bonchev–Trinajstić information content (AvgIpc) is 3.31. The summed E-state index contributed by atoms with van der Waals surface area (Å²) in [5, 5.41) is 13.9. The van der Waals surface area contributed by atoms with Crippen molar-refractivity contribution in [3.63, 3.8) is 0 Å². The minimum atomic E-state index is 0.446. The molecule has 0 fully saturated rings. The third-order valence-electron chi connectivity index (χ3n) is 5.41. The molecule has 0 bridgehead atoms. The van der Waals surface area contributed by atoms with Crippen LogP contribution in [0.5, 0.6) is 5.75 Å². The maximum atomic E-state index is 5.19. The predicted octanol–water partition coefficient (Wildman–Crippen LogP) is 3.06. The highest BCUT2D eigenvalue weighted by atomic mass is 16.5. The fraction of sp³-hybridized carbons (Fsp3) is 0.375. The molecule has 0 aliphatic rings. The SMILES string of the molecule is CN=C(NCCC(C)N(C)Cc1ccccc1)NCc1nc(-c2ccc(OC)cc2)n[nH]1. The number of nitrogens with one attached hydrogen (secondary N) is 3. The van der Waals surface area contributed by atoms with Crippen LogP contribution >= 0.6 is 0 Å². The summed E-state index contributed by atoms with van der Waals surface area (Å²) in [7, 11) is 5.58. The van der Waals surface area contributed by atoms with E-state index in [-0.39, 0.29) is 0 Å². The van der Waals surface area contributed by atoms with Crippen LogP contribution in [0.2, 0.25) is 0 Å². The summed E-state index contributed by atoms with van der Waals surface area (Å²) in [6.45, 7) is 4.52. The van der Waals surface area contributed by atoms with Crippen LogP contribution in [0.1, 0.15) is 24.7 Å². The summed E-state index contributed by atoms with van der Waals surface area (Å²) in [6, 6.07) is 18.7. The van der Waals surface area contributed by atoms with Crippen molar-refractivity contribution in [2.24, 2.45) is 4.99 Å². The number of aromatic amines is 1. The zero-order chi connectivity index (χ0) is 22.8. The van der Waals surface area contributed by atoms with Gasteiger partial charge in [-0.25, -0.2) is 4.98 Å². The van der Waals surface area contributed by atoms with Gasteiger partial charge in [-0.1, -0.05) is 30.3 Å². The van der Waals surface area contributed by atoms with Gasteiger partial charge in [0.2, 0.25) is 0 Å². The van der Waals surface area contributed by atoms with Crippen LogP contribution in [-0.2, 0) is 13.1 Å². The summed E-state index contributed by atoms with van der Waals surface area (Å²) in [5.74, 6) is 2.95. The Morgan fingerprint density at radius 2 is 1.88 bits per heavy atom. The van der Waals surface area contributed by atoms with E-state index < -0.39 is 0 Å². The number of benzene rings is 2. The molecule has 0 aliphatic carbocycles. The van der Waals surface area contributed by atoms with Crippen molar-refractivity contribution in [1.82, 2.24) is 30.7 Å². The van der Waals surface area contributed by atoms with Gasteiger partial charge in [-0.3, -0.25) is 15.0 Å². The highest BCUT2D eigenvalue weighted by Gasteiger charge is 2.10. The Morgan fingerprint density at radius 1 is 1.12 bits per heavy atom. The third kappa shape index (κ3) is 6.81. The van der Waals surface area contributed by atoms with E-state index >= 15 is 0 Å². The quantitative estimate of drug-likeness (QED) is 0.335. The second-order valence-corrected chi connectivity index (χ2v) is 7.73. The van der Waals surface area contributed by atoms with Crippen LogP contribution in [0.3, 0.4) is 0 Å². The van der Waals surface area contributed by atoms with Gasteiger partial charge in [-0.2, -0.15) is 5.10 Å². The van der Waals surface area contributed by atoms with E-state index in [9.17, 15) is 0 Å². The Kier molecular flexibility index (Phi) is 8.62. The molecule has 2 aromatic carbocycles. The standard InChI is InChI=1S/C24H33N7O/c1-18(31(3)17-19-8-6-5-7-9-19)14-15-26-24(25-2)27-16-22-28-23(30-29-22)20-10-12-21(32-4)13-11-20/h5-13,18H,14-17H2,1-4H3,(H2,25,26,27)(H,28,29,30). The molecule has 1 atom stereocenters. The van der Waals surface area contributed by atoms with E-state index in [0.29, 0.717) is 18.4 Å². The second kappa shape index (κ2) is 11.9. The van der Waals surface area contributed by atoms with E-state index in [1.54, 1.807) is 14.2 Å². The predicted molar refractivity (Wildman–Crippen MR) is 129 cm³/mol. The number of H-pyrrole nitrogens is 1. The normalized spacial score (nSPS) is 12.6. The van der Waals surface area contributed by atoms with Crippen molar-refractivity contribution in [2.45, 2.75) is 32.5 Å². The largest absolute Gasteiger partial charge is 0.497 e. The highest BCUT2D eigenvalue weighted by molar-refractivity contribution is 5.79. The maximum absolute atomic E-state index is 5.19. The van der Waals surface area contributed by atoms with E-state index in [4.69, 9.17) is 4.74 Å². The van der Waals surface area contributed by atoms with E-state index in [2.05, 4.69) is 73.9 Å². The molecule has 0 amide bonds. The van der Waals surface area contributed by atoms with E-state index in [0.717, 1.165) is 42.6 Å². The lowest BCUT2D eigenvalue weighted by Gasteiger charge is -2.25. The summed E-state index contributed by atoms with van der Waals surface area (Å²) in [5.41, 5.74) is 2.26. The molecule has 0 radical (unpaired) electrons. The first-order valence-corrected chi connectivity index (χ1v) is 10.8. The Bertz CT molecular complexity index is 970. The number of guanidine groups is 1. The second-order valence-electron chi connectivity index (χ2n) is 7.73. The molecule has 0 spiro atoms. The van der Waals surface area contributed by atoms with Crippen LogP contribution in [0.15, 0.2) is 59.6 Å². The van der Waals surface area contributed by atoms with E-state index in [1.165, 1.54) is 5.56 Å². The van der Waals surface area contributed by atoms with Gasteiger partial charge >= 0.3 is 0 Å². The minimum Gasteiger partial charge on any atom is -0.497 e. The third-order valence-corrected chi connectivity index (χ3v) is 5.41. The summed E-state index contributed by atoms with van der Waals surface area (Å²) in [6.07, 6.45) is 1.01. The molecule has 170 valence electrons. The van der Waals surface area contributed by atoms with Gasteiger partial charge in [0.15, 0.2) is 11.8 Å². The molecule has 8 heteroatoms. The van der Waals surface area contributed by atoms with Gasteiger partial charge in [-0.05, 0) is 50.2 Å². The van der Waals surface area contributed by atoms with Gasteiger partial charge in [-0.15, -0.1) is 0 Å². The van der Waals surface area contributed by atoms with Gasteiger partial charge in [0.1, 0.15) is 11.6 Å². The molecule has 1 unspecified atom stereocenters. The number of methoxy groups -OCH3 is 1. The molecule has 8 nitrogen and oxygen atoms in total. The maximum Gasteiger partial charge on any atom is 0.191 e. The number of ether oxygens (including phenoxy) is 1. The first-order valence-electron chi connectivity index (χ1n) is 10.8. The Hall–Kier alpha value is -3.39. The van der Waals surface area contributed by atoms with Gasteiger partial charge < -0.3 is 15.4 Å². The molecule has 1 aromatic heterocycles. The van der Waals surface area contributed by atoms with Crippen molar-refractivity contribution in [3.8, 4) is 17.1 Å². The van der Waals surface area contributed by atoms with Gasteiger partial charge in [0.05, 0.1) is 13.7 Å². The molecule has 3 N–H and O–H groups in total. The Labute approximate surface area is 190 Å². The van der Waals surface area contributed by atoms with Crippen LogP contribution in [0.4, 0.5) is 0 Å². The van der Waals surface area contributed by atoms with Gasteiger partial charge in [0.25, 0.3) is 0 Å². The summed E-state index contributed by atoms with van der Waals surface area (Å²) in [4.78, 5) is 11.2. The summed E-state index contributed by atoms with van der Waals surface area (Å²) >= 11 is 0. The molecular weight excluding hydrogens is 402 g/mol. The Morgan fingerprint density at radius 3 is 2.56 bits per heavy atom. The molecule has 1 heterocycles. The minimum absolute atomic E-state index is 0.446. The lowest BCUT2D eigenvalue weighted by atomic mass is 10.1. The first-order chi connectivity index (χ1) is 15.6. The number of hydrogen-bond donors (Lipinski definition) is 3. The number of nitrogens with zero attached hydrogens (tertiary/aromatic N) is 4. The summed E-state index contributed by atoms with van der Waals surface area (Å²) < 4.78 is 5.19. The van der Waals surface area contributed by atoms with Crippen molar-refractivity contribution < 1.29 is 4.74 Å². The van der Waals surface area contributed by atoms with E-state index in [1.807, 2.05) is 30.3 Å². The molecule has 0 saturated heterocycles. The molecule has 3 aromatic rings. The monoisotopic (exact) mass is 435 g/mol. The lowest BCUT2D eigenvalue weighted by molar-refractivity contribution is 0.238. The zero-order valence-electron chi connectivity index (χ0n) is 19.3. The number of rotatable bonds is 10. The van der Waals surface area contributed by atoms with Crippen molar-refractivity contribution in [2.75, 3.05) is 27.7 Å². The average molecular weight is 436 g/mol. The Balaban J connectivity index is 1.41. The highest BCUT2D eigenvalue weighted by Crippen LogP contribution is 2.18. The van der Waals surface area contributed by atoms with Crippen LogP contribution in [0.25, 0.3) is 11.4 Å². The van der Waals surface area contributed by atoms with Crippen LogP contribution < -0.4 is 15.4 Å². The molecule has 0 saturated carbocycles. The topological polar surface area (TPSA) is 90.5 Å². The fourth-order valence-electron chi connectivity index (χ4n) is 3.28. The molecule has 3 rings (SSSR count). The number of aromatic nitrogens is 3. The zero-order valence-corrected chi connectivity index (χ0v) is 19.3. The van der Waals surface area contributed by atoms with Crippen molar-refractivity contribution in [3.05, 3.63) is 66.0 Å². The van der Waals surface area contributed by atoms with Crippen molar-refractivity contribution >= 4 is 5.96 Å². The van der Waals surface area contributed by atoms with Crippen LogP contribution in [-0.4, -0.2) is 59.8 Å². The molecule has 32 heavy (non-hydrogen) atoms. The molecule has 0 aliphatic heterocycles.